The molecule has 0 saturated carbocycles. The monoisotopic (exact) mass is 322 g/mol. The van der Waals surface area contributed by atoms with Crippen molar-refractivity contribution in [1.82, 2.24) is 9.55 Å². The Labute approximate surface area is 138 Å². The van der Waals surface area contributed by atoms with Crippen LogP contribution in [0.15, 0.2) is 60.8 Å². The van der Waals surface area contributed by atoms with Crippen LogP contribution in [0.1, 0.15) is 11.1 Å². The van der Waals surface area contributed by atoms with Crippen molar-refractivity contribution in [3.8, 4) is 0 Å². The van der Waals surface area contributed by atoms with Crippen molar-refractivity contribution in [1.29, 1.82) is 0 Å². The third-order valence-corrected chi connectivity index (χ3v) is 4.37. The van der Waals surface area contributed by atoms with Crippen LogP contribution >= 0.6 is 11.6 Å². The zero-order valence-corrected chi connectivity index (χ0v) is 13.2. The fraction of sp³-hybridized carbons (Fsp3) is 0.105. The van der Waals surface area contributed by atoms with E-state index in [4.69, 9.17) is 11.6 Å². The van der Waals surface area contributed by atoms with Gasteiger partial charge in [-0.2, -0.15) is 0 Å². The zero-order chi connectivity index (χ0) is 15.8. The number of fused-ring (bicyclic) bond motifs is 3. The predicted octanol–water partition coefficient (Wildman–Crippen LogP) is 4.38. The van der Waals surface area contributed by atoms with Gasteiger partial charge in [-0.05, 0) is 35.4 Å². The van der Waals surface area contributed by atoms with Crippen molar-refractivity contribution in [2.75, 3.05) is 0 Å². The van der Waals surface area contributed by atoms with Gasteiger partial charge in [-0.15, -0.1) is 0 Å². The SMILES string of the molecule is OCc1ccc2c(c1)c1ccccc1n2Cc1ccc(Cl)nc1. The fourth-order valence-electron chi connectivity index (χ4n) is 3.05. The van der Waals surface area contributed by atoms with Gasteiger partial charge in [-0.25, -0.2) is 4.98 Å². The van der Waals surface area contributed by atoms with Crippen LogP contribution < -0.4 is 0 Å². The molecule has 1 N–H and O–H groups in total. The van der Waals surface area contributed by atoms with Crippen molar-refractivity contribution in [2.24, 2.45) is 0 Å². The topological polar surface area (TPSA) is 38.0 Å². The van der Waals surface area contributed by atoms with Gasteiger partial charge in [-0.3, -0.25) is 0 Å². The normalized spacial score (nSPS) is 11.4. The number of nitrogens with zero attached hydrogens (tertiary/aromatic N) is 2. The summed E-state index contributed by atoms with van der Waals surface area (Å²) in [5.41, 5.74) is 4.35. The molecule has 0 radical (unpaired) electrons. The van der Waals surface area contributed by atoms with E-state index in [1.165, 1.54) is 10.9 Å². The molecule has 2 heterocycles. The second-order valence-corrected chi connectivity index (χ2v) is 5.99. The molecule has 114 valence electrons. The average Bonchev–Trinajstić information content (AvgIpc) is 2.90. The van der Waals surface area contributed by atoms with E-state index >= 15 is 0 Å². The van der Waals surface area contributed by atoms with Crippen LogP contribution in [0.25, 0.3) is 21.8 Å². The van der Waals surface area contributed by atoms with Crippen LogP contribution in [0, 0.1) is 0 Å². The number of halogens is 1. The second kappa shape index (κ2) is 5.69. The molecule has 0 bridgehead atoms. The van der Waals surface area contributed by atoms with Crippen molar-refractivity contribution in [3.05, 3.63) is 77.1 Å². The number of benzene rings is 2. The van der Waals surface area contributed by atoms with E-state index in [2.05, 4.69) is 33.8 Å². The lowest BCUT2D eigenvalue weighted by Gasteiger charge is -2.08. The summed E-state index contributed by atoms with van der Waals surface area (Å²) >= 11 is 5.88. The molecule has 2 aromatic carbocycles. The van der Waals surface area contributed by atoms with Gasteiger partial charge in [0, 0.05) is 34.5 Å². The molecular formula is C19H15ClN2O. The fourth-order valence-corrected chi connectivity index (χ4v) is 3.16. The first-order chi connectivity index (χ1) is 11.3. The zero-order valence-electron chi connectivity index (χ0n) is 12.4. The van der Waals surface area contributed by atoms with Gasteiger partial charge in [-0.1, -0.05) is 41.9 Å². The minimum atomic E-state index is 0.0521. The Hall–Kier alpha value is -2.36. The van der Waals surface area contributed by atoms with Crippen LogP contribution in [0.4, 0.5) is 0 Å². The first-order valence-electron chi connectivity index (χ1n) is 7.47. The van der Waals surface area contributed by atoms with Crippen molar-refractivity contribution >= 4 is 33.4 Å². The molecule has 0 fully saturated rings. The molecule has 0 aliphatic heterocycles. The largest absolute Gasteiger partial charge is 0.392 e. The molecule has 4 heteroatoms. The molecule has 0 unspecified atom stereocenters. The summed E-state index contributed by atoms with van der Waals surface area (Å²) in [4.78, 5) is 4.17. The molecule has 2 aromatic heterocycles. The highest BCUT2D eigenvalue weighted by Crippen LogP contribution is 2.30. The van der Waals surface area contributed by atoms with Crippen LogP contribution in [0.3, 0.4) is 0 Å². The van der Waals surface area contributed by atoms with Crippen LogP contribution in [0.5, 0.6) is 0 Å². The van der Waals surface area contributed by atoms with Gasteiger partial charge in [0.25, 0.3) is 0 Å². The molecule has 0 spiro atoms. The quantitative estimate of drug-likeness (QED) is 0.568. The molecule has 4 rings (SSSR count). The van der Waals surface area contributed by atoms with Crippen LogP contribution in [0.2, 0.25) is 5.15 Å². The molecule has 3 nitrogen and oxygen atoms in total. The average molecular weight is 323 g/mol. The van der Waals surface area contributed by atoms with E-state index in [1.54, 1.807) is 0 Å². The van der Waals surface area contributed by atoms with Gasteiger partial charge < -0.3 is 9.67 Å². The lowest BCUT2D eigenvalue weighted by atomic mass is 10.1. The maximum atomic E-state index is 9.41. The Bertz CT molecular complexity index is 990. The Morgan fingerprint density at radius 2 is 1.70 bits per heavy atom. The number of pyridine rings is 1. The lowest BCUT2D eigenvalue weighted by Crippen LogP contribution is -1.99. The van der Waals surface area contributed by atoms with E-state index < -0.39 is 0 Å². The summed E-state index contributed by atoms with van der Waals surface area (Å²) < 4.78 is 2.27. The molecule has 0 amide bonds. The van der Waals surface area contributed by atoms with Crippen molar-refractivity contribution < 1.29 is 5.11 Å². The number of aliphatic hydroxyl groups is 1. The number of aromatic nitrogens is 2. The van der Waals surface area contributed by atoms with Gasteiger partial charge in [0.2, 0.25) is 0 Å². The first-order valence-corrected chi connectivity index (χ1v) is 7.85. The van der Waals surface area contributed by atoms with Crippen molar-refractivity contribution in [3.63, 3.8) is 0 Å². The summed E-state index contributed by atoms with van der Waals surface area (Å²) in [6.07, 6.45) is 1.81. The lowest BCUT2D eigenvalue weighted by molar-refractivity contribution is 0.282. The van der Waals surface area contributed by atoms with Crippen LogP contribution in [-0.2, 0) is 13.2 Å². The molecule has 23 heavy (non-hydrogen) atoms. The smallest absolute Gasteiger partial charge is 0.129 e. The number of rotatable bonds is 3. The van der Waals surface area contributed by atoms with E-state index in [0.717, 1.165) is 28.6 Å². The van der Waals surface area contributed by atoms with E-state index in [-0.39, 0.29) is 6.61 Å². The minimum absolute atomic E-state index is 0.0521. The molecule has 0 saturated heterocycles. The number of para-hydroxylation sites is 1. The van der Waals surface area contributed by atoms with Gasteiger partial charge in [0.15, 0.2) is 0 Å². The molecule has 0 atom stereocenters. The van der Waals surface area contributed by atoms with Crippen LogP contribution in [-0.4, -0.2) is 14.7 Å². The number of aliphatic hydroxyl groups excluding tert-OH is 1. The third-order valence-electron chi connectivity index (χ3n) is 4.15. The maximum Gasteiger partial charge on any atom is 0.129 e. The molecular weight excluding hydrogens is 308 g/mol. The van der Waals surface area contributed by atoms with E-state index in [0.29, 0.717) is 5.15 Å². The predicted molar refractivity (Wildman–Crippen MR) is 93.7 cm³/mol. The van der Waals surface area contributed by atoms with Gasteiger partial charge >= 0.3 is 0 Å². The molecule has 4 aromatic rings. The third kappa shape index (κ3) is 2.48. The second-order valence-electron chi connectivity index (χ2n) is 5.60. The van der Waals surface area contributed by atoms with Crippen molar-refractivity contribution in [2.45, 2.75) is 13.2 Å². The molecule has 0 aliphatic rings. The minimum Gasteiger partial charge on any atom is -0.392 e. The Kier molecular flexibility index (Phi) is 3.52. The standard InChI is InChI=1S/C19H15ClN2O/c20-19-8-6-14(10-21-19)11-22-17-4-2-1-3-15(17)16-9-13(12-23)5-7-18(16)22/h1-10,23H,11-12H2. The first kappa shape index (κ1) is 14.2. The summed E-state index contributed by atoms with van der Waals surface area (Å²) in [6, 6.07) is 18.3. The summed E-state index contributed by atoms with van der Waals surface area (Å²) in [5, 5.41) is 12.3. The molecule has 0 aliphatic carbocycles. The highest BCUT2D eigenvalue weighted by atomic mass is 35.5. The number of hydrogen-bond donors (Lipinski definition) is 1. The summed E-state index contributed by atoms with van der Waals surface area (Å²) in [6.45, 7) is 0.781. The van der Waals surface area contributed by atoms with E-state index in [1.807, 2.05) is 36.5 Å². The Balaban J connectivity index is 1.94. The number of hydrogen-bond acceptors (Lipinski definition) is 2. The highest BCUT2D eigenvalue weighted by Gasteiger charge is 2.11. The Morgan fingerprint density at radius 3 is 2.48 bits per heavy atom. The Morgan fingerprint density at radius 1 is 0.913 bits per heavy atom. The van der Waals surface area contributed by atoms with Gasteiger partial charge in [0.1, 0.15) is 5.15 Å². The maximum absolute atomic E-state index is 9.41. The highest BCUT2D eigenvalue weighted by molar-refractivity contribution is 6.29. The summed E-state index contributed by atoms with van der Waals surface area (Å²) in [7, 11) is 0. The van der Waals surface area contributed by atoms with Gasteiger partial charge in [0.05, 0.1) is 6.61 Å². The summed E-state index contributed by atoms with van der Waals surface area (Å²) in [5.74, 6) is 0. The van der Waals surface area contributed by atoms with E-state index in [9.17, 15) is 5.11 Å².